The average molecular weight is 287 g/mol. The summed E-state index contributed by atoms with van der Waals surface area (Å²) in [7, 11) is 0. The number of hydrogen-bond donors (Lipinski definition) is 0. The van der Waals surface area contributed by atoms with Gasteiger partial charge in [0.1, 0.15) is 24.0 Å². The molecule has 0 heterocycles. The van der Waals surface area contributed by atoms with E-state index < -0.39 is 30.7 Å². The standard InChI is InChI=1S/C13H9BF5O/c15-12-5-2-6-13(16)11(12)8-20-10-4-1-3-9(7-10)14(17,18)19/h1-7H,8H2/q-1. The third-order valence-electron chi connectivity index (χ3n) is 2.68. The first kappa shape index (κ1) is 14.4. The summed E-state index contributed by atoms with van der Waals surface area (Å²) in [6, 6.07) is 7.49. The van der Waals surface area contributed by atoms with Crippen molar-refractivity contribution in [3.63, 3.8) is 0 Å². The minimum Gasteiger partial charge on any atom is -0.489 e. The molecule has 1 nitrogen and oxygen atoms in total. The Hall–Kier alpha value is -2.05. The van der Waals surface area contributed by atoms with E-state index in [4.69, 9.17) is 4.74 Å². The van der Waals surface area contributed by atoms with Gasteiger partial charge in [0, 0.05) is 0 Å². The van der Waals surface area contributed by atoms with Crippen LogP contribution in [0, 0.1) is 11.6 Å². The van der Waals surface area contributed by atoms with E-state index in [2.05, 4.69) is 0 Å². The molecular formula is C13H9BF5O-. The van der Waals surface area contributed by atoms with Crippen LogP contribution >= 0.6 is 0 Å². The summed E-state index contributed by atoms with van der Waals surface area (Å²) in [4.78, 5) is 0. The van der Waals surface area contributed by atoms with Crippen molar-refractivity contribution in [3.05, 3.63) is 59.7 Å². The first-order valence-corrected chi connectivity index (χ1v) is 5.73. The highest BCUT2D eigenvalue weighted by molar-refractivity contribution is 6.73. The van der Waals surface area contributed by atoms with Crippen molar-refractivity contribution in [1.82, 2.24) is 0 Å². The Kier molecular flexibility index (Phi) is 3.97. The average Bonchev–Trinajstić information content (AvgIpc) is 2.37. The number of benzene rings is 2. The molecule has 0 atom stereocenters. The van der Waals surface area contributed by atoms with Crippen LogP contribution in [0.15, 0.2) is 42.5 Å². The Bertz CT molecular complexity index is 592. The molecule has 0 unspecified atom stereocenters. The highest BCUT2D eigenvalue weighted by Crippen LogP contribution is 2.18. The summed E-state index contributed by atoms with van der Waals surface area (Å²) in [5.74, 6) is -1.70. The fourth-order valence-electron chi connectivity index (χ4n) is 1.63. The van der Waals surface area contributed by atoms with Crippen molar-refractivity contribution in [2.75, 3.05) is 0 Å². The van der Waals surface area contributed by atoms with Gasteiger partial charge in [-0.15, -0.1) is 5.46 Å². The predicted molar refractivity (Wildman–Crippen MR) is 65.8 cm³/mol. The van der Waals surface area contributed by atoms with Crippen molar-refractivity contribution in [2.24, 2.45) is 0 Å². The van der Waals surface area contributed by atoms with E-state index in [0.29, 0.717) is 0 Å². The zero-order chi connectivity index (χ0) is 14.8. The molecule has 0 radical (unpaired) electrons. The number of ether oxygens (including phenoxy) is 1. The third kappa shape index (κ3) is 3.29. The molecule has 0 saturated heterocycles. The van der Waals surface area contributed by atoms with Gasteiger partial charge >= 0.3 is 6.98 Å². The fraction of sp³-hybridized carbons (Fsp3) is 0.0769. The van der Waals surface area contributed by atoms with Gasteiger partial charge in [0.05, 0.1) is 5.56 Å². The number of rotatable bonds is 4. The normalized spacial score (nSPS) is 11.4. The zero-order valence-corrected chi connectivity index (χ0v) is 10.1. The van der Waals surface area contributed by atoms with Crippen molar-refractivity contribution in [3.8, 4) is 5.75 Å². The van der Waals surface area contributed by atoms with Gasteiger partial charge in [-0.3, -0.25) is 0 Å². The summed E-state index contributed by atoms with van der Waals surface area (Å²) in [6.07, 6.45) is 0. The smallest absolute Gasteiger partial charge is 0.489 e. The van der Waals surface area contributed by atoms with Gasteiger partial charge in [0.2, 0.25) is 0 Å². The number of halogens is 5. The van der Waals surface area contributed by atoms with E-state index in [9.17, 15) is 21.7 Å². The van der Waals surface area contributed by atoms with E-state index >= 15 is 0 Å². The maximum atomic E-state index is 13.3. The van der Waals surface area contributed by atoms with Crippen LogP contribution in [0.5, 0.6) is 5.75 Å². The molecule has 2 aromatic rings. The molecule has 0 aromatic heterocycles. The predicted octanol–water partition coefficient (Wildman–Crippen LogP) is 3.60. The largest absolute Gasteiger partial charge is 0.509 e. The minimum atomic E-state index is -5.14. The maximum absolute atomic E-state index is 13.3. The molecule has 2 rings (SSSR count). The molecule has 2 aromatic carbocycles. The van der Waals surface area contributed by atoms with Crippen LogP contribution in [0.2, 0.25) is 0 Å². The SMILES string of the molecule is Fc1cccc(F)c1COc1cccc([B-](F)(F)F)c1. The number of hydrogen-bond acceptors (Lipinski definition) is 1. The van der Waals surface area contributed by atoms with Gasteiger partial charge in [-0.2, -0.15) is 0 Å². The van der Waals surface area contributed by atoms with Crippen LogP contribution in [0.1, 0.15) is 5.56 Å². The lowest BCUT2D eigenvalue weighted by Gasteiger charge is -2.16. The van der Waals surface area contributed by atoms with E-state index in [0.717, 1.165) is 24.3 Å². The molecule has 0 aliphatic heterocycles. The Labute approximate surface area is 112 Å². The van der Waals surface area contributed by atoms with E-state index in [-0.39, 0.29) is 11.3 Å². The van der Waals surface area contributed by atoms with Crippen molar-refractivity contribution in [1.29, 1.82) is 0 Å². The van der Waals surface area contributed by atoms with Gasteiger partial charge < -0.3 is 17.7 Å². The molecule has 0 spiro atoms. The quantitative estimate of drug-likeness (QED) is 0.616. The second kappa shape index (κ2) is 5.52. The maximum Gasteiger partial charge on any atom is 0.509 e. The molecule has 0 N–H and O–H groups in total. The Morgan fingerprint density at radius 2 is 1.50 bits per heavy atom. The summed E-state index contributed by atoms with van der Waals surface area (Å²) in [5, 5.41) is 0. The molecule has 7 heteroatoms. The Morgan fingerprint density at radius 1 is 0.900 bits per heavy atom. The van der Waals surface area contributed by atoms with Gasteiger partial charge in [-0.05, 0) is 24.3 Å². The first-order valence-electron chi connectivity index (χ1n) is 5.73. The van der Waals surface area contributed by atoms with Gasteiger partial charge in [0.25, 0.3) is 0 Å². The van der Waals surface area contributed by atoms with Crippen LogP contribution in [-0.4, -0.2) is 6.98 Å². The highest BCUT2D eigenvalue weighted by atomic mass is 19.4. The van der Waals surface area contributed by atoms with Gasteiger partial charge in [0.15, 0.2) is 0 Å². The molecule has 106 valence electrons. The molecule has 0 aliphatic rings. The lowest BCUT2D eigenvalue weighted by atomic mass is 9.80. The van der Waals surface area contributed by atoms with Crippen molar-refractivity contribution < 1.29 is 26.5 Å². The second-order valence-corrected chi connectivity index (χ2v) is 4.14. The van der Waals surface area contributed by atoms with Crippen LogP contribution in [0.25, 0.3) is 0 Å². The van der Waals surface area contributed by atoms with Crippen molar-refractivity contribution in [2.45, 2.75) is 6.61 Å². The summed E-state index contributed by atoms with van der Waals surface area (Å²) >= 11 is 0. The van der Waals surface area contributed by atoms with E-state index in [1.807, 2.05) is 0 Å². The lowest BCUT2D eigenvalue weighted by molar-refractivity contribution is 0.292. The van der Waals surface area contributed by atoms with E-state index in [1.54, 1.807) is 0 Å². The Morgan fingerprint density at radius 3 is 2.10 bits per heavy atom. The molecule has 0 saturated carbocycles. The highest BCUT2D eigenvalue weighted by Gasteiger charge is 2.25. The van der Waals surface area contributed by atoms with Crippen LogP contribution in [0.4, 0.5) is 21.7 Å². The summed E-state index contributed by atoms with van der Waals surface area (Å²) in [5.41, 5.74) is -1.15. The fourth-order valence-corrected chi connectivity index (χ4v) is 1.63. The monoisotopic (exact) mass is 287 g/mol. The third-order valence-corrected chi connectivity index (χ3v) is 2.68. The summed E-state index contributed by atoms with van der Waals surface area (Å²) in [6.45, 7) is -5.62. The Balaban J connectivity index is 2.16. The van der Waals surface area contributed by atoms with Crippen LogP contribution < -0.4 is 10.2 Å². The van der Waals surface area contributed by atoms with Crippen molar-refractivity contribution >= 4 is 12.4 Å². The molecule has 0 bridgehead atoms. The van der Waals surface area contributed by atoms with Crippen LogP contribution in [-0.2, 0) is 6.61 Å². The molecule has 0 aliphatic carbocycles. The zero-order valence-electron chi connectivity index (χ0n) is 10.1. The summed E-state index contributed by atoms with van der Waals surface area (Å²) < 4.78 is 69.3. The van der Waals surface area contributed by atoms with Gasteiger partial charge in [-0.1, -0.05) is 18.2 Å². The second-order valence-electron chi connectivity index (χ2n) is 4.14. The molecular weight excluding hydrogens is 278 g/mol. The topological polar surface area (TPSA) is 9.23 Å². The molecule has 0 amide bonds. The molecule has 20 heavy (non-hydrogen) atoms. The van der Waals surface area contributed by atoms with Crippen LogP contribution in [0.3, 0.4) is 0 Å². The lowest BCUT2D eigenvalue weighted by Crippen LogP contribution is -2.33. The van der Waals surface area contributed by atoms with Gasteiger partial charge in [-0.25, -0.2) is 8.78 Å². The molecule has 0 fully saturated rings. The van der Waals surface area contributed by atoms with E-state index in [1.165, 1.54) is 18.2 Å². The first-order chi connectivity index (χ1) is 9.38. The minimum absolute atomic E-state index is 0.0932.